The largest absolute Gasteiger partial charge is 0.350 e. The molecule has 0 aliphatic heterocycles. The Kier molecular flexibility index (Phi) is 3.16. The maximum Gasteiger partial charge on any atom is 0.226 e. The lowest BCUT2D eigenvalue weighted by atomic mass is 10.3. The second-order valence-corrected chi connectivity index (χ2v) is 4.13. The number of hydrogen-bond acceptors (Lipinski definition) is 6. The number of aromatic nitrogens is 5. The first kappa shape index (κ1) is 11.7. The second-order valence-electron chi connectivity index (χ2n) is 3.78. The summed E-state index contributed by atoms with van der Waals surface area (Å²) in [6.07, 6.45) is 6.59. The van der Waals surface area contributed by atoms with Crippen LogP contribution in [0.5, 0.6) is 0 Å². The van der Waals surface area contributed by atoms with E-state index in [1.165, 1.54) is 0 Å². The SMILES string of the molecule is Clc1nc(NCc2ccncc2)nc2nccnc12. The molecule has 0 radical (unpaired) electrons. The van der Waals surface area contributed by atoms with Gasteiger partial charge in [-0.25, -0.2) is 9.97 Å². The summed E-state index contributed by atoms with van der Waals surface area (Å²) >= 11 is 6.04. The van der Waals surface area contributed by atoms with Crippen molar-refractivity contribution in [2.45, 2.75) is 6.54 Å². The zero-order chi connectivity index (χ0) is 13.1. The number of halogens is 1. The molecule has 0 amide bonds. The third-order valence-corrected chi connectivity index (χ3v) is 2.75. The van der Waals surface area contributed by atoms with E-state index in [2.05, 4.69) is 30.2 Å². The van der Waals surface area contributed by atoms with Crippen molar-refractivity contribution in [2.24, 2.45) is 0 Å². The molecule has 3 rings (SSSR count). The highest BCUT2D eigenvalue weighted by molar-refractivity contribution is 6.33. The topological polar surface area (TPSA) is 76.5 Å². The summed E-state index contributed by atoms with van der Waals surface area (Å²) in [6.45, 7) is 0.588. The van der Waals surface area contributed by atoms with Gasteiger partial charge in [0.2, 0.25) is 5.95 Å². The highest BCUT2D eigenvalue weighted by atomic mass is 35.5. The zero-order valence-corrected chi connectivity index (χ0v) is 10.5. The monoisotopic (exact) mass is 272 g/mol. The molecule has 0 aliphatic carbocycles. The van der Waals surface area contributed by atoms with Crippen LogP contribution in [0.1, 0.15) is 5.56 Å². The van der Waals surface area contributed by atoms with Crippen molar-refractivity contribution in [3.05, 3.63) is 47.6 Å². The standard InChI is InChI=1S/C12H9ClN6/c13-10-9-11(16-6-5-15-9)19-12(18-10)17-7-8-1-3-14-4-2-8/h1-6H,7H2,(H,16,17,18,19). The van der Waals surface area contributed by atoms with E-state index >= 15 is 0 Å². The Morgan fingerprint density at radius 2 is 1.79 bits per heavy atom. The van der Waals surface area contributed by atoms with E-state index in [1.807, 2.05) is 12.1 Å². The average Bonchev–Trinajstić information content (AvgIpc) is 2.46. The van der Waals surface area contributed by atoms with Gasteiger partial charge in [0.15, 0.2) is 10.8 Å². The molecule has 0 aliphatic rings. The number of nitrogens with one attached hydrogen (secondary N) is 1. The van der Waals surface area contributed by atoms with Crippen molar-refractivity contribution in [3.63, 3.8) is 0 Å². The molecule has 0 atom stereocenters. The van der Waals surface area contributed by atoms with Crippen LogP contribution in [0.25, 0.3) is 11.2 Å². The molecular formula is C12H9ClN6. The molecule has 3 heterocycles. The lowest BCUT2D eigenvalue weighted by molar-refractivity contribution is 1.05. The molecule has 0 unspecified atom stereocenters. The first-order valence-electron chi connectivity index (χ1n) is 5.60. The number of fused-ring (bicyclic) bond motifs is 1. The minimum atomic E-state index is 0.287. The Morgan fingerprint density at radius 1 is 1.00 bits per heavy atom. The smallest absolute Gasteiger partial charge is 0.226 e. The summed E-state index contributed by atoms with van der Waals surface area (Å²) in [5.41, 5.74) is 2.05. The van der Waals surface area contributed by atoms with Crippen LogP contribution in [-0.2, 0) is 6.54 Å². The molecule has 1 N–H and O–H groups in total. The van der Waals surface area contributed by atoms with Crippen LogP contribution >= 0.6 is 11.6 Å². The molecule has 3 aromatic rings. The Labute approximate surface area is 113 Å². The van der Waals surface area contributed by atoms with Crippen LogP contribution in [0.15, 0.2) is 36.9 Å². The van der Waals surface area contributed by atoms with Gasteiger partial charge in [0.05, 0.1) is 0 Å². The van der Waals surface area contributed by atoms with Gasteiger partial charge in [0.1, 0.15) is 5.52 Å². The Morgan fingerprint density at radius 3 is 2.63 bits per heavy atom. The summed E-state index contributed by atoms with van der Waals surface area (Å²) in [5, 5.41) is 3.38. The van der Waals surface area contributed by atoms with Gasteiger partial charge in [-0.15, -0.1) is 0 Å². The summed E-state index contributed by atoms with van der Waals surface area (Å²) in [5.74, 6) is 0.426. The van der Waals surface area contributed by atoms with E-state index in [-0.39, 0.29) is 5.15 Å². The molecule has 0 spiro atoms. The molecule has 3 aromatic heterocycles. The number of nitrogens with zero attached hydrogens (tertiary/aromatic N) is 5. The Balaban J connectivity index is 1.85. The van der Waals surface area contributed by atoms with Crippen molar-refractivity contribution in [2.75, 3.05) is 5.32 Å². The predicted molar refractivity (Wildman–Crippen MR) is 71.7 cm³/mol. The summed E-state index contributed by atoms with van der Waals surface area (Å²) in [4.78, 5) is 20.5. The molecule has 19 heavy (non-hydrogen) atoms. The van der Waals surface area contributed by atoms with Gasteiger partial charge >= 0.3 is 0 Å². The van der Waals surface area contributed by atoms with E-state index in [9.17, 15) is 0 Å². The third-order valence-electron chi connectivity index (χ3n) is 2.49. The molecule has 6 nitrogen and oxygen atoms in total. The van der Waals surface area contributed by atoms with Crippen molar-refractivity contribution >= 4 is 28.7 Å². The third kappa shape index (κ3) is 2.58. The second kappa shape index (κ2) is 5.11. The van der Waals surface area contributed by atoms with Crippen molar-refractivity contribution in [3.8, 4) is 0 Å². The van der Waals surface area contributed by atoms with Gasteiger partial charge < -0.3 is 5.32 Å². The lowest BCUT2D eigenvalue weighted by Crippen LogP contribution is -2.05. The van der Waals surface area contributed by atoms with E-state index in [0.717, 1.165) is 5.56 Å². The fourth-order valence-corrected chi connectivity index (χ4v) is 1.80. The number of hydrogen-bond donors (Lipinski definition) is 1. The van der Waals surface area contributed by atoms with Crippen LogP contribution < -0.4 is 5.32 Å². The molecule has 0 fully saturated rings. The van der Waals surface area contributed by atoms with Gasteiger partial charge in [0.25, 0.3) is 0 Å². The number of pyridine rings is 1. The van der Waals surface area contributed by atoms with Gasteiger partial charge in [-0.3, -0.25) is 4.98 Å². The van der Waals surface area contributed by atoms with E-state index in [0.29, 0.717) is 23.7 Å². The highest BCUT2D eigenvalue weighted by Crippen LogP contribution is 2.17. The van der Waals surface area contributed by atoms with E-state index < -0.39 is 0 Å². The van der Waals surface area contributed by atoms with Crippen LogP contribution in [0.3, 0.4) is 0 Å². The number of anilines is 1. The molecule has 0 saturated heterocycles. The quantitative estimate of drug-likeness (QED) is 0.736. The van der Waals surface area contributed by atoms with Gasteiger partial charge in [0, 0.05) is 31.3 Å². The van der Waals surface area contributed by atoms with Crippen molar-refractivity contribution in [1.29, 1.82) is 0 Å². The zero-order valence-electron chi connectivity index (χ0n) is 9.79. The summed E-state index contributed by atoms with van der Waals surface area (Å²) in [7, 11) is 0. The molecule has 94 valence electrons. The van der Waals surface area contributed by atoms with E-state index in [4.69, 9.17) is 11.6 Å². The number of rotatable bonds is 3. The fourth-order valence-electron chi connectivity index (χ4n) is 1.59. The highest BCUT2D eigenvalue weighted by Gasteiger charge is 2.07. The van der Waals surface area contributed by atoms with Crippen molar-refractivity contribution in [1.82, 2.24) is 24.9 Å². The lowest BCUT2D eigenvalue weighted by Gasteiger charge is -2.05. The van der Waals surface area contributed by atoms with Crippen molar-refractivity contribution < 1.29 is 0 Å². The van der Waals surface area contributed by atoms with Gasteiger partial charge in [-0.1, -0.05) is 11.6 Å². The Hall–Kier alpha value is -2.34. The van der Waals surface area contributed by atoms with Crippen LogP contribution in [0.2, 0.25) is 5.15 Å². The predicted octanol–water partition coefficient (Wildman–Crippen LogP) is 2.08. The molecule has 0 saturated carbocycles. The van der Waals surface area contributed by atoms with Gasteiger partial charge in [-0.2, -0.15) is 9.97 Å². The first-order valence-corrected chi connectivity index (χ1v) is 5.98. The van der Waals surface area contributed by atoms with Crippen LogP contribution in [-0.4, -0.2) is 24.9 Å². The minimum absolute atomic E-state index is 0.287. The Bertz CT molecular complexity index is 703. The van der Waals surface area contributed by atoms with Crippen LogP contribution in [0, 0.1) is 0 Å². The minimum Gasteiger partial charge on any atom is -0.350 e. The molecule has 7 heteroatoms. The average molecular weight is 273 g/mol. The molecule has 0 bridgehead atoms. The maximum atomic E-state index is 6.04. The van der Waals surface area contributed by atoms with E-state index in [1.54, 1.807) is 24.8 Å². The fraction of sp³-hybridized carbons (Fsp3) is 0.0833. The maximum absolute atomic E-state index is 6.04. The summed E-state index contributed by atoms with van der Waals surface area (Å²) < 4.78 is 0. The molecule has 0 aromatic carbocycles. The molecular weight excluding hydrogens is 264 g/mol. The normalized spacial score (nSPS) is 10.6. The summed E-state index contributed by atoms with van der Waals surface area (Å²) in [6, 6.07) is 3.82. The van der Waals surface area contributed by atoms with Crippen LogP contribution in [0.4, 0.5) is 5.95 Å². The van der Waals surface area contributed by atoms with Gasteiger partial charge in [-0.05, 0) is 17.7 Å². The first-order chi connectivity index (χ1) is 9.33.